The smallest absolute Gasteiger partial charge is 1.00 e. The summed E-state index contributed by atoms with van der Waals surface area (Å²) in [6.07, 6.45) is 0.250. The first kappa shape index (κ1) is 9.06. The van der Waals surface area contributed by atoms with E-state index >= 15 is 0 Å². The largest absolute Gasteiger partial charge is 1.00 e. The third-order valence-corrected chi connectivity index (χ3v) is 0. The molecule has 0 aliphatic rings. The molecule has 0 aliphatic carbocycles. The van der Waals surface area contributed by atoms with Crippen LogP contribution in [0.25, 0.3) is 0 Å². The second-order valence-electron chi connectivity index (χ2n) is 0.0833. The van der Waals surface area contributed by atoms with Gasteiger partial charge in [-0.25, -0.2) is 0 Å². The Kier molecular flexibility index (Phi) is 20.0. The van der Waals surface area contributed by atoms with Crippen LogP contribution in [0.4, 0.5) is 0 Å². The number of hydrogen-bond acceptors (Lipinski definition) is 2. The maximum absolute atomic E-state index is 8.12. The molecule has 0 fully saturated rings. The van der Waals surface area contributed by atoms with Gasteiger partial charge >= 0.3 is 75.0 Å². The molecule has 0 aromatic heterocycles. The standard InChI is InChI=1S/CO2.Cs.H/c2-1-3;;/q;+1;-1. The van der Waals surface area contributed by atoms with Crippen molar-refractivity contribution in [1.29, 1.82) is 0 Å². The van der Waals surface area contributed by atoms with Crippen LogP contribution in [0.15, 0.2) is 0 Å². The molecule has 0 spiro atoms. The van der Waals surface area contributed by atoms with Gasteiger partial charge in [0.2, 0.25) is 0 Å². The molecule has 0 radical (unpaired) electrons. The Balaban J connectivity index is -0.0000000200. The maximum Gasteiger partial charge on any atom is 1.00 e. The summed E-state index contributed by atoms with van der Waals surface area (Å²) in [4.78, 5) is 16.2. The Hall–Kier alpha value is 1.43. The second kappa shape index (κ2) is 8.83. The summed E-state index contributed by atoms with van der Waals surface area (Å²) < 4.78 is 0. The summed E-state index contributed by atoms with van der Waals surface area (Å²) in [6.45, 7) is 0. The Labute approximate surface area is 83.9 Å². The third-order valence-electron chi connectivity index (χ3n) is 0. The first-order valence-corrected chi connectivity index (χ1v) is 0.408. The molecule has 0 atom stereocenters. The van der Waals surface area contributed by atoms with Crippen LogP contribution in [0.1, 0.15) is 1.43 Å². The summed E-state index contributed by atoms with van der Waals surface area (Å²) in [5.74, 6) is 0. The van der Waals surface area contributed by atoms with Crippen LogP contribution in [0, 0.1) is 0 Å². The second-order valence-corrected chi connectivity index (χ2v) is 0.0833. The topological polar surface area (TPSA) is 34.1 Å². The average molecular weight is 178 g/mol. The van der Waals surface area contributed by atoms with Gasteiger partial charge in [0.05, 0.1) is 0 Å². The van der Waals surface area contributed by atoms with Gasteiger partial charge in [0.1, 0.15) is 0 Å². The normalized spacial score (nSPS) is 2.00. The van der Waals surface area contributed by atoms with Gasteiger partial charge in [0, 0.05) is 0 Å². The predicted molar refractivity (Wildman–Crippen MR) is 6.12 cm³/mol. The molecule has 0 aromatic rings. The van der Waals surface area contributed by atoms with Crippen LogP contribution < -0.4 is 68.9 Å². The molecule has 0 heterocycles. The molecule has 18 valence electrons. The van der Waals surface area contributed by atoms with Crippen molar-refractivity contribution in [3.8, 4) is 0 Å². The molecule has 4 heavy (non-hydrogen) atoms. The van der Waals surface area contributed by atoms with Crippen molar-refractivity contribution in [2.24, 2.45) is 0 Å². The molecule has 0 aliphatic heterocycles. The molecular weight excluding hydrogens is 177 g/mol. The summed E-state index contributed by atoms with van der Waals surface area (Å²) in [6, 6.07) is 0. The van der Waals surface area contributed by atoms with Crippen LogP contribution in [0.5, 0.6) is 0 Å². The van der Waals surface area contributed by atoms with E-state index in [-0.39, 0.29) is 76.5 Å². The molecule has 0 N–H and O–H groups in total. The van der Waals surface area contributed by atoms with Crippen molar-refractivity contribution in [3.05, 3.63) is 0 Å². The molecule has 0 aromatic carbocycles. The van der Waals surface area contributed by atoms with Crippen molar-refractivity contribution in [2.75, 3.05) is 0 Å². The predicted octanol–water partition coefficient (Wildman–Crippen LogP) is -3.47. The monoisotopic (exact) mass is 178 g/mol. The van der Waals surface area contributed by atoms with E-state index < -0.39 is 0 Å². The Bertz CT molecular complexity index is 30.6. The van der Waals surface area contributed by atoms with Crippen molar-refractivity contribution in [3.63, 3.8) is 0 Å². The minimum Gasteiger partial charge on any atom is -1.00 e. The fourth-order valence-electron chi connectivity index (χ4n) is 0. The zero-order valence-corrected chi connectivity index (χ0v) is 8.60. The zero-order valence-electron chi connectivity index (χ0n) is 3.32. The molecule has 2 nitrogen and oxygen atoms in total. The summed E-state index contributed by atoms with van der Waals surface area (Å²) in [7, 11) is 0. The van der Waals surface area contributed by atoms with E-state index in [1.165, 1.54) is 0 Å². The van der Waals surface area contributed by atoms with Gasteiger partial charge < -0.3 is 1.43 Å². The molecule has 0 unspecified atom stereocenters. The van der Waals surface area contributed by atoms with Gasteiger partial charge in [0.15, 0.2) is 0 Å². The Morgan fingerprint density at radius 2 is 1.50 bits per heavy atom. The van der Waals surface area contributed by atoms with Gasteiger partial charge in [0.25, 0.3) is 0 Å². The number of carbonyl (C=O) groups excluding carboxylic acids is 2. The Morgan fingerprint density at radius 1 is 1.50 bits per heavy atom. The van der Waals surface area contributed by atoms with Gasteiger partial charge in [-0.1, -0.05) is 0 Å². The van der Waals surface area contributed by atoms with E-state index in [4.69, 9.17) is 9.59 Å². The van der Waals surface area contributed by atoms with E-state index in [9.17, 15) is 0 Å². The van der Waals surface area contributed by atoms with Gasteiger partial charge in [-0.3, -0.25) is 0 Å². The quantitative estimate of drug-likeness (QED) is 0.386. The average Bonchev–Trinajstić information content (AvgIpc) is 0.918. The van der Waals surface area contributed by atoms with E-state index in [1.54, 1.807) is 0 Å². The van der Waals surface area contributed by atoms with Gasteiger partial charge in [-0.15, -0.1) is 0 Å². The molecule has 0 saturated heterocycles. The number of hydrogen-bond donors (Lipinski definition) is 0. The molecule has 0 bridgehead atoms. The molecule has 0 amide bonds. The fourth-order valence-corrected chi connectivity index (χ4v) is 0. The molecule has 3 heteroatoms. The minimum absolute atomic E-state index is 0. The first-order valence-electron chi connectivity index (χ1n) is 0.408. The van der Waals surface area contributed by atoms with Gasteiger partial charge in [-0.05, 0) is 0 Å². The maximum atomic E-state index is 8.12. The van der Waals surface area contributed by atoms with E-state index in [0.717, 1.165) is 0 Å². The van der Waals surface area contributed by atoms with Gasteiger partial charge in [-0.2, -0.15) is 9.59 Å². The summed E-state index contributed by atoms with van der Waals surface area (Å²) in [5.41, 5.74) is 0. The van der Waals surface area contributed by atoms with Crippen molar-refractivity contribution in [2.45, 2.75) is 0 Å². The van der Waals surface area contributed by atoms with Crippen LogP contribution >= 0.6 is 0 Å². The third kappa shape index (κ3) is 9.90. The molecule has 0 saturated carbocycles. The van der Waals surface area contributed by atoms with Crippen LogP contribution in [0.2, 0.25) is 0 Å². The zero-order chi connectivity index (χ0) is 2.71. The summed E-state index contributed by atoms with van der Waals surface area (Å²) >= 11 is 0. The van der Waals surface area contributed by atoms with Crippen molar-refractivity contribution < 1.29 is 79.9 Å². The van der Waals surface area contributed by atoms with E-state index in [1.807, 2.05) is 0 Å². The minimum atomic E-state index is 0. The first-order chi connectivity index (χ1) is 1.41. The van der Waals surface area contributed by atoms with E-state index in [2.05, 4.69) is 0 Å². The van der Waals surface area contributed by atoms with Crippen LogP contribution in [-0.4, -0.2) is 6.15 Å². The SMILES string of the molecule is O=C=O.[Cs+].[H-]. The van der Waals surface area contributed by atoms with Crippen molar-refractivity contribution >= 4 is 6.15 Å². The fraction of sp³-hybridized carbons (Fsp3) is 0. The van der Waals surface area contributed by atoms with Crippen LogP contribution in [-0.2, 0) is 9.59 Å². The Morgan fingerprint density at radius 3 is 1.50 bits per heavy atom. The van der Waals surface area contributed by atoms with Crippen molar-refractivity contribution in [1.82, 2.24) is 0 Å². The molecule has 0 rings (SSSR count). The van der Waals surface area contributed by atoms with Crippen LogP contribution in [0.3, 0.4) is 0 Å². The van der Waals surface area contributed by atoms with E-state index in [0.29, 0.717) is 0 Å². The number of rotatable bonds is 0. The summed E-state index contributed by atoms with van der Waals surface area (Å²) in [5, 5.41) is 0. The molecular formula is CHCsO2.